The average molecular weight is 237 g/mol. The summed E-state index contributed by atoms with van der Waals surface area (Å²) >= 11 is 0. The van der Waals surface area contributed by atoms with Crippen LogP contribution in [0.3, 0.4) is 0 Å². The minimum Gasteiger partial charge on any atom is -0.361 e. The molecule has 0 unspecified atom stereocenters. The van der Waals surface area contributed by atoms with Gasteiger partial charge in [0.15, 0.2) is 0 Å². The number of hydrogen-bond donors (Lipinski definition) is 1. The van der Waals surface area contributed by atoms with Gasteiger partial charge in [0.2, 0.25) is 0 Å². The summed E-state index contributed by atoms with van der Waals surface area (Å²) in [6.45, 7) is 6.42. The molecule has 1 fully saturated rings. The lowest BCUT2D eigenvalue weighted by molar-refractivity contribution is 0.168. The van der Waals surface area contributed by atoms with Gasteiger partial charge in [0.05, 0.1) is 5.69 Å². The number of likely N-dealkylation sites (tertiary alicyclic amines) is 1. The Balaban J connectivity index is 1.72. The molecule has 1 saturated heterocycles. The van der Waals surface area contributed by atoms with Crippen LogP contribution >= 0.6 is 0 Å². The van der Waals surface area contributed by atoms with Crippen LogP contribution < -0.4 is 5.32 Å². The van der Waals surface area contributed by atoms with Crippen molar-refractivity contribution in [3.8, 4) is 0 Å². The van der Waals surface area contributed by atoms with Crippen LogP contribution in [0.4, 0.5) is 0 Å². The predicted octanol–water partition coefficient (Wildman–Crippen LogP) is 1.80. The highest BCUT2D eigenvalue weighted by molar-refractivity contribution is 5.03. The molecular formula is C13H23N3O. The molecule has 0 aliphatic carbocycles. The smallest absolute Gasteiger partial charge is 0.133 e. The molecule has 1 aromatic heterocycles. The van der Waals surface area contributed by atoms with Gasteiger partial charge in [-0.2, -0.15) is 0 Å². The first kappa shape index (κ1) is 12.6. The van der Waals surface area contributed by atoms with E-state index in [0.717, 1.165) is 30.5 Å². The van der Waals surface area contributed by atoms with Crippen molar-refractivity contribution in [2.24, 2.45) is 5.92 Å². The maximum atomic E-state index is 5.10. The van der Waals surface area contributed by atoms with Crippen molar-refractivity contribution in [3.63, 3.8) is 0 Å². The average Bonchev–Trinajstić information content (AvgIpc) is 2.74. The summed E-state index contributed by atoms with van der Waals surface area (Å²) in [5.41, 5.74) is 1.07. The maximum absolute atomic E-state index is 5.10. The zero-order valence-corrected chi connectivity index (χ0v) is 10.9. The Morgan fingerprint density at radius 1 is 1.47 bits per heavy atom. The van der Waals surface area contributed by atoms with Gasteiger partial charge in [-0.15, -0.1) is 0 Å². The van der Waals surface area contributed by atoms with E-state index in [-0.39, 0.29) is 0 Å². The van der Waals surface area contributed by atoms with Crippen molar-refractivity contribution < 1.29 is 4.52 Å². The van der Waals surface area contributed by atoms with E-state index in [4.69, 9.17) is 4.52 Å². The van der Waals surface area contributed by atoms with Crippen LogP contribution in [0.5, 0.6) is 0 Å². The van der Waals surface area contributed by atoms with Crippen molar-refractivity contribution in [1.29, 1.82) is 0 Å². The summed E-state index contributed by atoms with van der Waals surface area (Å²) < 4.78 is 5.10. The quantitative estimate of drug-likeness (QED) is 0.848. The van der Waals surface area contributed by atoms with E-state index >= 15 is 0 Å². The van der Waals surface area contributed by atoms with Gasteiger partial charge in [-0.25, -0.2) is 0 Å². The molecule has 4 heteroatoms. The highest BCUT2D eigenvalue weighted by Gasteiger charge is 2.19. The SMILES string of the molecule is CNCCC1CCN(Cc2cc(C)on2)CC1. The van der Waals surface area contributed by atoms with Gasteiger partial charge in [0.1, 0.15) is 5.76 Å². The number of hydrogen-bond acceptors (Lipinski definition) is 4. The minimum atomic E-state index is 0.901. The molecule has 0 saturated carbocycles. The van der Waals surface area contributed by atoms with E-state index in [2.05, 4.69) is 15.4 Å². The van der Waals surface area contributed by atoms with Crippen LogP contribution in [0.2, 0.25) is 0 Å². The van der Waals surface area contributed by atoms with Crippen LogP contribution in [0, 0.1) is 12.8 Å². The second-order valence-corrected chi connectivity index (χ2v) is 5.04. The molecule has 1 aliphatic heterocycles. The predicted molar refractivity (Wildman–Crippen MR) is 67.8 cm³/mol. The first-order valence-electron chi connectivity index (χ1n) is 6.57. The third-order valence-electron chi connectivity index (χ3n) is 3.57. The molecule has 0 radical (unpaired) electrons. The zero-order valence-electron chi connectivity index (χ0n) is 10.9. The normalized spacial score (nSPS) is 18.7. The van der Waals surface area contributed by atoms with Gasteiger partial charge in [0.25, 0.3) is 0 Å². The van der Waals surface area contributed by atoms with Crippen molar-refractivity contribution in [2.45, 2.75) is 32.7 Å². The molecule has 0 atom stereocenters. The van der Waals surface area contributed by atoms with Gasteiger partial charge in [0, 0.05) is 12.6 Å². The third kappa shape index (κ3) is 3.82. The lowest BCUT2D eigenvalue weighted by atomic mass is 9.93. The van der Waals surface area contributed by atoms with Gasteiger partial charge in [-0.05, 0) is 58.8 Å². The number of rotatable bonds is 5. The number of piperidine rings is 1. The van der Waals surface area contributed by atoms with Gasteiger partial charge in [-0.3, -0.25) is 4.90 Å². The molecule has 1 aliphatic rings. The lowest BCUT2D eigenvalue weighted by Gasteiger charge is -2.31. The minimum absolute atomic E-state index is 0.901. The van der Waals surface area contributed by atoms with E-state index in [0.29, 0.717) is 0 Å². The van der Waals surface area contributed by atoms with Crippen molar-refractivity contribution in [2.75, 3.05) is 26.7 Å². The number of nitrogens with zero attached hydrogens (tertiary/aromatic N) is 2. The molecule has 17 heavy (non-hydrogen) atoms. The fourth-order valence-corrected chi connectivity index (χ4v) is 2.50. The number of aromatic nitrogens is 1. The summed E-state index contributed by atoms with van der Waals surface area (Å²) in [7, 11) is 2.03. The van der Waals surface area contributed by atoms with Crippen LogP contribution in [0.15, 0.2) is 10.6 Å². The van der Waals surface area contributed by atoms with E-state index in [9.17, 15) is 0 Å². The van der Waals surface area contributed by atoms with Crippen molar-refractivity contribution >= 4 is 0 Å². The standard InChI is InChI=1S/C13H23N3O/c1-11-9-13(15-17-11)10-16-7-4-12(5-8-16)3-6-14-2/h9,12,14H,3-8,10H2,1-2H3. The molecule has 1 N–H and O–H groups in total. The largest absolute Gasteiger partial charge is 0.361 e. The van der Waals surface area contributed by atoms with Crippen molar-refractivity contribution in [1.82, 2.24) is 15.4 Å². The highest BCUT2D eigenvalue weighted by atomic mass is 16.5. The Labute approximate surface area is 103 Å². The van der Waals surface area contributed by atoms with Gasteiger partial charge >= 0.3 is 0 Å². The maximum Gasteiger partial charge on any atom is 0.133 e. The number of aryl methyl sites for hydroxylation is 1. The second-order valence-electron chi connectivity index (χ2n) is 5.04. The third-order valence-corrected chi connectivity index (χ3v) is 3.57. The zero-order chi connectivity index (χ0) is 12.1. The van der Waals surface area contributed by atoms with Gasteiger partial charge in [-0.1, -0.05) is 5.16 Å². The summed E-state index contributed by atoms with van der Waals surface area (Å²) in [5, 5.41) is 7.28. The Kier molecular flexibility index (Phi) is 4.57. The molecule has 2 heterocycles. The Hall–Kier alpha value is -0.870. The second kappa shape index (κ2) is 6.17. The topological polar surface area (TPSA) is 41.3 Å². The first-order chi connectivity index (χ1) is 8.28. The van der Waals surface area contributed by atoms with Crippen molar-refractivity contribution in [3.05, 3.63) is 17.5 Å². The highest BCUT2D eigenvalue weighted by Crippen LogP contribution is 2.21. The molecule has 0 amide bonds. The number of nitrogens with one attached hydrogen (secondary N) is 1. The van der Waals surface area contributed by atoms with Crippen LogP contribution in [-0.2, 0) is 6.54 Å². The van der Waals surface area contributed by atoms with Crippen LogP contribution in [-0.4, -0.2) is 36.7 Å². The fraction of sp³-hybridized carbons (Fsp3) is 0.769. The molecule has 4 nitrogen and oxygen atoms in total. The van der Waals surface area contributed by atoms with E-state index in [1.165, 1.54) is 32.4 Å². The summed E-state index contributed by atoms with van der Waals surface area (Å²) in [6.07, 6.45) is 3.95. The molecular weight excluding hydrogens is 214 g/mol. The summed E-state index contributed by atoms with van der Waals surface area (Å²) in [5.74, 6) is 1.81. The lowest BCUT2D eigenvalue weighted by Crippen LogP contribution is -2.34. The van der Waals surface area contributed by atoms with E-state index < -0.39 is 0 Å². The molecule has 96 valence electrons. The Morgan fingerprint density at radius 3 is 2.82 bits per heavy atom. The molecule has 1 aromatic rings. The molecule has 2 rings (SSSR count). The molecule has 0 bridgehead atoms. The summed E-state index contributed by atoms with van der Waals surface area (Å²) in [6, 6.07) is 2.03. The fourth-order valence-electron chi connectivity index (χ4n) is 2.50. The monoisotopic (exact) mass is 237 g/mol. The van der Waals surface area contributed by atoms with Crippen LogP contribution in [0.1, 0.15) is 30.7 Å². The van der Waals surface area contributed by atoms with E-state index in [1.54, 1.807) is 0 Å². The molecule has 0 aromatic carbocycles. The van der Waals surface area contributed by atoms with Gasteiger partial charge < -0.3 is 9.84 Å². The Morgan fingerprint density at radius 2 is 2.24 bits per heavy atom. The van der Waals surface area contributed by atoms with E-state index in [1.807, 2.05) is 20.0 Å². The summed E-state index contributed by atoms with van der Waals surface area (Å²) in [4.78, 5) is 2.48. The first-order valence-corrected chi connectivity index (χ1v) is 6.57. The Bertz CT molecular complexity index is 329. The van der Waals surface area contributed by atoms with Crippen LogP contribution in [0.25, 0.3) is 0 Å². The molecule has 0 spiro atoms.